The number of phosphoric acid groups is 1. The first-order chi connectivity index (χ1) is 17.6. The highest BCUT2D eigenvalue weighted by atomic mass is 32.2. The molecule has 4 rings (SSSR count). The van der Waals surface area contributed by atoms with Crippen molar-refractivity contribution >= 4 is 37.3 Å². The van der Waals surface area contributed by atoms with E-state index in [9.17, 15) is 18.9 Å². The Morgan fingerprint density at radius 1 is 1.05 bits per heavy atom. The van der Waals surface area contributed by atoms with Crippen molar-refractivity contribution in [2.24, 2.45) is 0 Å². The van der Waals surface area contributed by atoms with Crippen LogP contribution in [0.2, 0.25) is 0 Å². The second-order valence-electron chi connectivity index (χ2n) is 7.85. The normalized spacial score (nSPS) is 21.4. The van der Waals surface area contributed by atoms with Crippen molar-refractivity contribution in [1.82, 2.24) is 9.55 Å². The van der Waals surface area contributed by atoms with E-state index in [1.165, 1.54) is 24.4 Å². The number of nitrogens with zero attached hydrogens (tertiary/aromatic N) is 2. The average Bonchev–Trinajstić information content (AvgIpc) is 3.18. The second-order valence-corrected chi connectivity index (χ2v) is 10.5. The monoisotopic (exact) mass is 549 g/mol. The number of ether oxygens (including phenoxy) is 1. The Morgan fingerprint density at radius 3 is 2.27 bits per heavy atom. The molecular weight excluding hydrogens is 528 g/mol. The van der Waals surface area contributed by atoms with Crippen LogP contribution in [0.25, 0.3) is 0 Å². The number of hydrogen-bond donors (Lipinski definition) is 3. The molecular formula is C23H21FN3O8PS. The van der Waals surface area contributed by atoms with Gasteiger partial charge in [-0.3, -0.25) is 13.9 Å². The van der Waals surface area contributed by atoms with Crippen LogP contribution in [0, 0.1) is 0 Å². The van der Waals surface area contributed by atoms with Crippen LogP contribution in [0.1, 0.15) is 26.1 Å². The summed E-state index contributed by atoms with van der Waals surface area (Å²) in [4.78, 5) is 59.6. The number of carbonyl (C=O) groups is 2. The van der Waals surface area contributed by atoms with E-state index in [2.05, 4.69) is 14.8 Å². The largest absolute Gasteiger partial charge is 0.469 e. The van der Waals surface area contributed by atoms with Gasteiger partial charge in [0.25, 0.3) is 5.91 Å². The summed E-state index contributed by atoms with van der Waals surface area (Å²) in [6, 6.07) is 17.3. The van der Waals surface area contributed by atoms with Crippen molar-refractivity contribution in [2.45, 2.75) is 22.9 Å². The molecule has 4 atom stereocenters. The highest BCUT2D eigenvalue weighted by molar-refractivity contribution is 8.00. The van der Waals surface area contributed by atoms with Gasteiger partial charge in [0.05, 0.1) is 17.4 Å². The predicted octanol–water partition coefficient (Wildman–Crippen LogP) is 2.78. The van der Waals surface area contributed by atoms with E-state index < -0.39 is 54.9 Å². The van der Waals surface area contributed by atoms with Gasteiger partial charge in [0, 0.05) is 11.8 Å². The number of thioether (sulfide) groups is 1. The fraction of sp³-hybridized carbons (Fsp3) is 0.217. The first-order valence-electron chi connectivity index (χ1n) is 10.8. The van der Waals surface area contributed by atoms with E-state index in [-0.39, 0.29) is 11.4 Å². The molecule has 1 amide bonds. The Labute approximate surface area is 213 Å². The number of carbonyl (C=O) groups excluding carboxylic acids is 2. The summed E-state index contributed by atoms with van der Waals surface area (Å²) < 4.78 is 37.6. The number of nitrogens with one attached hydrogen (secondary N) is 1. The molecule has 1 aromatic heterocycles. The minimum absolute atomic E-state index is 0.0538. The van der Waals surface area contributed by atoms with E-state index in [1.54, 1.807) is 48.5 Å². The summed E-state index contributed by atoms with van der Waals surface area (Å²) in [7, 11) is -4.90. The Bertz CT molecular complexity index is 1370. The molecule has 2 aromatic carbocycles. The predicted molar refractivity (Wildman–Crippen MR) is 132 cm³/mol. The van der Waals surface area contributed by atoms with Crippen LogP contribution in [-0.4, -0.2) is 55.3 Å². The van der Waals surface area contributed by atoms with Gasteiger partial charge in [-0.15, -0.1) is 11.8 Å². The molecule has 1 aliphatic heterocycles. The maximum atomic E-state index is 15.6. The summed E-state index contributed by atoms with van der Waals surface area (Å²) in [5.41, 5.74) is -0.398. The van der Waals surface area contributed by atoms with Gasteiger partial charge in [-0.25, -0.2) is 18.5 Å². The quantitative estimate of drug-likeness (QED) is 0.282. The van der Waals surface area contributed by atoms with Crippen molar-refractivity contribution in [3.05, 3.63) is 94.5 Å². The van der Waals surface area contributed by atoms with Crippen LogP contribution in [-0.2, 0) is 13.8 Å². The summed E-state index contributed by atoms with van der Waals surface area (Å²) in [6.45, 7) is -0.647. The third-order valence-electron chi connectivity index (χ3n) is 5.31. The fourth-order valence-corrected chi connectivity index (χ4v) is 5.50. The number of anilines is 1. The zero-order chi connectivity index (χ0) is 26.6. The maximum absolute atomic E-state index is 15.6. The van der Waals surface area contributed by atoms with Gasteiger partial charge < -0.3 is 19.8 Å². The van der Waals surface area contributed by atoms with E-state index in [0.717, 1.165) is 16.3 Å². The van der Waals surface area contributed by atoms with Gasteiger partial charge in [0.2, 0.25) is 0 Å². The van der Waals surface area contributed by atoms with Gasteiger partial charge in [-0.2, -0.15) is 4.98 Å². The lowest BCUT2D eigenvalue weighted by atomic mass is 10.1. The first-order valence-corrected chi connectivity index (χ1v) is 13.3. The lowest BCUT2D eigenvalue weighted by molar-refractivity contribution is 0.00209. The zero-order valence-electron chi connectivity index (χ0n) is 18.9. The van der Waals surface area contributed by atoms with E-state index in [4.69, 9.17) is 14.5 Å². The van der Waals surface area contributed by atoms with Crippen LogP contribution in [0.3, 0.4) is 0 Å². The number of esters is 1. The molecule has 3 N–H and O–H groups in total. The number of alkyl halides is 1. The zero-order valence-corrected chi connectivity index (χ0v) is 20.6. The van der Waals surface area contributed by atoms with Crippen LogP contribution in [0.4, 0.5) is 10.2 Å². The molecule has 0 bridgehead atoms. The molecule has 37 heavy (non-hydrogen) atoms. The van der Waals surface area contributed by atoms with Crippen LogP contribution in [0.5, 0.6) is 0 Å². The molecule has 0 aliphatic carbocycles. The minimum Gasteiger partial charge on any atom is -0.454 e. The molecule has 1 aliphatic rings. The highest BCUT2D eigenvalue weighted by Crippen LogP contribution is 2.47. The number of amides is 1. The third kappa shape index (κ3) is 6.70. The number of rotatable bonds is 8. The molecule has 4 unspecified atom stereocenters. The van der Waals surface area contributed by atoms with Gasteiger partial charge in [-0.05, 0) is 30.3 Å². The molecule has 0 spiro atoms. The smallest absolute Gasteiger partial charge is 0.454 e. The summed E-state index contributed by atoms with van der Waals surface area (Å²) in [6.07, 6.45) is -2.21. The Balaban J connectivity index is 1.54. The third-order valence-corrected chi connectivity index (χ3v) is 7.31. The Hall–Kier alpha value is -3.35. The van der Waals surface area contributed by atoms with Crippen molar-refractivity contribution in [2.75, 3.05) is 11.9 Å². The fourth-order valence-electron chi connectivity index (χ4n) is 3.58. The van der Waals surface area contributed by atoms with Gasteiger partial charge in [0.15, 0.2) is 12.3 Å². The van der Waals surface area contributed by atoms with Crippen LogP contribution >= 0.6 is 19.6 Å². The van der Waals surface area contributed by atoms with E-state index >= 15 is 4.39 Å². The number of aromatic nitrogens is 2. The topological polar surface area (TPSA) is 157 Å². The van der Waals surface area contributed by atoms with Gasteiger partial charge in [0.1, 0.15) is 11.2 Å². The van der Waals surface area contributed by atoms with Gasteiger partial charge in [-0.1, -0.05) is 36.4 Å². The lowest BCUT2D eigenvalue weighted by Crippen LogP contribution is -2.37. The number of halogens is 1. The minimum atomic E-state index is -4.90. The van der Waals surface area contributed by atoms with Gasteiger partial charge >= 0.3 is 19.5 Å². The number of benzene rings is 2. The molecule has 3 aromatic rings. The number of phosphoric ester groups is 1. The summed E-state index contributed by atoms with van der Waals surface area (Å²) in [5, 5.41) is 0.184. The molecule has 194 valence electrons. The molecule has 0 saturated carbocycles. The van der Waals surface area contributed by atoms with Crippen molar-refractivity contribution in [3.63, 3.8) is 0 Å². The summed E-state index contributed by atoms with van der Waals surface area (Å²) in [5.74, 6) is -1.39. The molecule has 1 saturated heterocycles. The molecule has 1 fully saturated rings. The van der Waals surface area contributed by atoms with Crippen LogP contribution in [0.15, 0.2) is 77.7 Å². The average molecular weight is 549 g/mol. The van der Waals surface area contributed by atoms with Crippen molar-refractivity contribution in [1.29, 1.82) is 0 Å². The standard InChI is InChI=1S/C23H21FN3O8PS/c24-18-19(35-22(29)15-9-5-2-6-10-15)16(13-34-36(31,32)33)37-21(18)27-12-11-17(26-23(27)30)25-20(28)14-7-3-1-4-8-14/h1-12,16,18-19,21H,13H2,(H2,31,32,33)(H,25,26,28,30). The first kappa shape index (κ1) is 26.7. The second kappa shape index (κ2) is 11.4. The van der Waals surface area contributed by atoms with E-state index in [0.29, 0.717) is 5.56 Å². The molecule has 14 heteroatoms. The number of hydrogen-bond acceptors (Lipinski definition) is 8. The SMILES string of the molecule is O=C(Nc1ccn(C2SC(COP(=O)(O)O)C(OC(=O)c3ccccc3)C2F)c(=O)n1)c1ccccc1. The molecule has 11 nitrogen and oxygen atoms in total. The maximum Gasteiger partial charge on any atom is 0.469 e. The highest BCUT2D eigenvalue weighted by Gasteiger charge is 2.49. The Kier molecular flexibility index (Phi) is 8.20. The van der Waals surface area contributed by atoms with E-state index in [1.807, 2.05) is 0 Å². The molecule has 0 radical (unpaired) electrons. The Morgan fingerprint density at radius 2 is 1.68 bits per heavy atom. The van der Waals surface area contributed by atoms with Crippen molar-refractivity contribution < 1.29 is 37.6 Å². The summed E-state index contributed by atoms with van der Waals surface area (Å²) >= 11 is 0.804. The van der Waals surface area contributed by atoms with Crippen LogP contribution < -0.4 is 11.0 Å². The van der Waals surface area contributed by atoms with Crippen molar-refractivity contribution in [3.8, 4) is 0 Å². The molecule has 2 heterocycles. The lowest BCUT2D eigenvalue weighted by Gasteiger charge is -2.21.